The summed E-state index contributed by atoms with van der Waals surface area (Å²) in [4.78, 5) is 13.0. The molecule has 0 aromatic rings. The van der Waals surface area contributed by atoms with Gasteiger partial charge >= 0.3 is 0 Å². The molecule has 1 heteroatoms. The van der Waals surface area contributed by atoms with Crippen molar-refractivity contribution in [1.29, 1.82) is 0 Å². The number of rotatable bonds is 28. The quantitative estimate of drug-likeness (QED) is 0.0726. The molecule has 0 fully saturated rings. The lowest BCUT2D eigenvalue weighted by atomic mass is 9.94. The Balaban J connectivity index is 4.48. The first kappa shape index (κ1) is 37.1. The molecular weight excluding hydrogens is 460 g/mol. The zero-order chi connectivity index (χ0) is 28.3. The summed E-state index contributed by atoms with van der Waals surface area (Å²) in [5.41, 5.74) is 2.76. The maximum Gasteiger partial charge on any atom is 0.178 e. The van der Waals surface area contributed by atoms with Gasteiger partial charge in [0.1, 0.15) is 0 Å². The Morgan fingerprint density at radius 3 is 0.974 bits per heavy atom. The van der Waals surface area contributed by atoms with Crippen molar-refractivity contribution in [2.24, 2.45) is 11.8 Å². The predicted octanol–water partition coefficient (Wildman–Crippen LogP) is 13.1. The lowest BCUT2D eigenvalue weighted by Gasteiger charge is -2.12. The average molecular weight is 531 g/mol. The van der Waals surface area contributed by atoms with Gasteiger partial charge in [-0.3, -0.25) is 4.79 Å². The topological polar surface area (TPSA) is 17.1 Å². The van der Waals surface area contributed by atoms with Gasteiger partial charge in [-0.2, -0.15) is 0 Å². The summed E-state index contributed by atoms with van der Waals surface area (Å²) >= 11 is 0. The molecule has 0 heterocycles. The van der Waals surface area contributed by atoms with E-state index in [1.54, 1.807) is 0 Å². The predicted molar refractivity (Wildman–Crippen MR) is 173 cm³/mol. The van der Waals surface area contributed by atoms with E-state index in [1.807, 2.05) is 12.2 Å². The van der Waals surface area contributed by atoms with Crippen LogP contribution in [0.1, 0.15) is 196 Å². The van der Waals surface area contributed by atoms with Gasteiger partial charge in [0, 0.05) is 0 Å². The molecule has 0 bridgehead atoms. The summed E-state index contributed by atoms with van der Waals surface area (Å²) < 4.78 is 0. The molecule has 0 aliphatic heterocycles. The van der Waals surface area contributed by atoms with Crippen LogP contribution in [0.3, 0.4) is 0 Å². The lowest BCUT2D eigenvalue weighted by Crippen LogP contribution is -2.00. The fourth-order valence-corrected chi connectivity index (χ4v) is 5.64. The molecule has 0 aliphatic rings. The minimum Gasteiger partial charge on any atom is -0.290 e. The average Bonchev–Trinajstić information content (AvgIpc) is 2.85. The summed E-state index contributed by atoms with van der Waals surface area (Å²) in [5, 5.41) is 0. The second kappa shape index (κ2) is 27.7. The highest BCUT2D eigenvalue weighted by Gasteiger charge is 2.08. The molecule has 0 saturated carbocycles. The molecule has 224 valence electrons. The van der Waals surface area contributed by atoms with Crippen molar-refractivity contribution < 1.29 is 4.79 Å². The fraction of sp³-hybridized carbons (Fsp3) is 0.865. The minimum absolute atomic E-state index is 0.246. The Hall–Kier alpha value is -0.850. The van der Waals surface area contributed by atoms with Gasteiger partial charge in [0.25, 0.3) is 0 Å². The molecule has 0 rings (SSSR count). The van der Waals surface area contributed by atoms with E-state index in [0.717, 1.165) is 25.7 Å². The van der Waals surface area contributed by atoms with E-state index in [0.29, 0.717) is 11.8 Å². The van der Waals surface area contributed by atoms with E-state index >= 15 is 0 Å². The highest BCUT2D eigenvalue weighted by Crippen LogP contribution is 2.22. The summed E-state index contributed by atoms with van der Waals surface area (Å²) in [6.07, 6.45) is 35.7. The van der Waals surface area contributed by atoms with Crippen molar-refractivity contribution >= 4 is 5.78 Å². The molecule has 0 saturated heterocycles. The van der Waals surface area contributed by atoms with Gasteiger partial charge in [0.05, 0.1) is 0 Å². The van der Waals surface area contributed by atoms with E-state index in [1.165, 1.54) is 140 Å². The first-order valence-corrected chi connectivity index (χ1v) is 17.3. The zero-order valence-corrected chi connectivity index (χ0v) is 27.2. The van der Waals surface area contributed by atoms with Crippen molar-refractivity contribution in [2.45, 2.75) is 196 Å². The number of hydrogen-bond acceptors (Lipinski definition) is 1. The van der Waals surface area contributed by atoms with Gasteiger partial charge in [-0.25, -0.2) is 0 Å². The van der Waals surface area contributed by atoms with E-state index in [2.05, 4.69) is 41.5 Å². The minimum atomic E-state index is 0.246. The molecule has 0 atom stereocenters. The van der Waals surface area contributed by atoms with Gasteiger partial charge < -0.3 is 0 Å². The standard InChI is InChI=1S/C37H70O/c1-7-9-11-13-15-17-19-21-23-25-27-35(29-33(3)4)31-37(38)32-36(30-34(5)6)28-26-24-22-20-18-16-14-12-10-8-2/h31-34H,7-30H2,1-6H3. The number of ketones is 1. The second-order valence-electron chi connectivity index (χ2n) is 13.1. The molecule has 0 unspecified atom stereocenters. The monoisotopic (exact) mass is 531 g/mol. The van der Waals surface area contributed by atoms with Crippen LogP contribution in [-0.4, -0.2) is 5.78 Å². The van der Waals surface area contributed by atoms with Gasteiger partial charge in [0.2, 0.25) is 0 Å². The van der Waals surface area contributed by atoms with Crippen LogP contribution in [0, 0.1) is 11.8 Å². The van der Waals surface area contributed by atoms with Gasteiger partial charge in [-0.15, -0.1) is 0 Å². The smallest absolute Gasteiger partial charge is 0.178 e. The Morgan fingerprint density at radius 1 is 0.447 bits per heavy atom. The summed E-state index contributed by atoms with van der Waals surface area (Å²) in [5.74, 6) is 1.47. The van der Waals surface area contributed by atoms with E-state index in [4.69, 9.17) is 0 Å². The summed E-state index contributed by atoms with van der Waals surface area (Å²) in [7, 11) is 0. The van der Waals surface area contributed by atoms with Crippen LogP contribution in [0.2, 0.25) is 0 Å². The number of unbranched alkanes of at least 4 members (excludes halogenated alkanes) is 18. The van der Waals surface area contributed by atoms with Gasteiger partial charge in [0.15, 0.2) is 5.78 Å². The van der Waals surface area contributed by atoms with Crippen molar-refractivity contribution in [1.82, 2.24) is 0 Å². The number of carbonyl (C=O) groups is 1. The molecule has 0 aliphatic carbocycles. The van der Waals surface area contributed by atoms with Crippen molar-refractivity contribution in [3.8, 4) is 0 Å². The van der Waals surface area contributed by atoms with Crippen LogP contribution in [-0.2, 0) is 4.79 Å². The molecule has 1 nitrogen and oxygen atoms in total. The normalized spacial score (nSPS) is 12.7. The molecule has 0 aromatic carbocycles. The second-order valence-corrected chi connectivity index (χ2v) is 13.1. The van der Waals surface area contributed by atoms with Crippen LogP contribution in [0.4, 0.5) is 0 Å². The van der Waals surface area contributed by atoms with Crippen LogP contribution >= 0.6 is 0 Å². The summed E-state index contributed by atoms with van der Waals surface area (Å²) in [6, 6.07) is 0. The van der Waals surface area contributed by atoms with E-state index < -0.39 is 0 Å². The highest BCUT2D eigenvalue weighted by molar-refractivity contribution is 6.00. The van der Waals surface area contributed by atoms with Crippen LogP contribution < -0.4 is 0 Å². The molecule has 0 amide bonds. The van der Waals surface area contributed by atoms with Gasteiger partial charge in [-0.1, -0.05) is 168 Å². The van der Waals surface area contributed by atoms with Crippen molar-refractivity contribution in [2.75, 3.05) is 0 Å². The zero-order valence-electron chi connectivity index (χ0n) is 27.2. The SMILES string of the molecule is CCCCCCCCCCCCC(=CC(=O)C=C(CCCCCCCCCCCC)CC(C)C)CC(C)C. The van der Waals surface area contributed by atoms with E-state index in [9.17, 15) is 4.79 Å². The first-order chi connectivity index (χ1) is 18.4. The number of allylic oxidation sites excluding steroid dienone is 4. The Kier molecular flexibility index (Phi) is 27.1. The van der Waals surface area contributed by atoms with Crippen LogP contribution in [0.25, 0.3) is 0 Å². The first-order valence-electron chi connectivity index (χ1n) is 17.3. The Bertz CT molecular complexity index is 530. The van der Waals surface area contributed by atoms with Gasteiger partial charge in [-0.05, 0) is 62.5 Å². The maximum absolute atomic E-state index is 13.0. The molecule has 0 spiro atoms. The van der Waals surface area contributed by atoms with Crippen molar-refractivity contribution in [3.63, 3.8) is 0 Å². The maximum atomic E-state index is 13.0. The fourth-order valence-electron chi connectivity index (χ4n) is 5.64. The summed E-state index contributed by atoms with van der Waals surface area (Å²) in [6.45, 7) is 13.7. The third-order valence-electron chi connectivity index (χ3n) is 7.74. The Morgan fingerprint density at radius 2 is 0.711 bits per heavy atom. The lowest BCUT2D eigenvalue weighted by molar-refractivity contribution is -0.110. The molecular formula is C37H70O. The highest BCUT2D eigenvalue weighted by atomic mass is 16.1. The third-order valence-corrected chi connectivity index (χ3v) is 7.74. The van der Waals surface area contributed by atoms with Crippen LogP contribution in [0.5, 0.6) is 0 Å². The molecule has 0 N–H and O–H groups in total. The number of carbonyl (C=O) groups excluding carboxylic acids is 1. The Labute approximate surface area is 241 Å². The molecule has 38 heavy (non-hydrogen) atoms. The van der Waals surface area contributed by atoms with Crippen LogP contribution in [0.15, 0.2) is 23.3 Å². The third kappa shape index (κ3) is 26.7. The molecule has 0 radical (unpaired) electrons. The molecule has 0 aromatic heterocycles. The largest absolute Gasteiger partial charge is 0.290 e. The van der Waals surface area contributed by atoms with E-state index in [-0.39, 0.29) is 5.78 Å². The van der Waals surface area contributed by atoms with Crippen molar-refractivity contribution in [3.05, 3.63) is 23.3 Å². The number of hydrogen-bond donors (Lipinski definition) is 0.